The Kier molecular flexibility index (Phi) is 6.01. The predicted octanol–water partition coefficient (Wildman–Crippen LogP) is 3.28. The molecule has 2 aromatic rings. The number of rotatable bonds is 5. The van der Waals surface area contributed by atoms with Crippen molar-refractivity contribution in [3.05, 3.63) is 63.6 Å². The number of amides is 2. The van der Waals surface area contributed by atoms with Crippen LogP contribution < -0.4 is 11.1 Å². The summed E-state index contributed by atoms with van der Waals surface area (Å²) in [6, 6.07) is 10.3. The zero-order valence-corrected chi connectivity index (χ0v) is 14.6. The standard InChI is InChI=1S/C17H14Cl2N2O4/c1-9(25-17(24)13-8-11(18)4-7-14(13)19)16(23)21-12-5-2-10(3-6-12)15(20)22/h2-9H,1H3,(H2,20,22)(H,21,23)/t9-/m0/s1. The minimum absolute atomic E-state index is 0.0691. The van der Waals surface area contributed by atoms with E-state index in [9.17, 15) is 14.4 Å². The molecule has 0 aliphatic carbocycles. The van der Waals surface area contributed by atoms with Gasteiger partial charge in [-0.05, 0) is 49.4 Å². The summed E-state index contributed by atoms with van der Waals surface area (Å²) in [6.07, 6.45) is -1.07. The Morgan fingerprint density at radius 2 is 1.72 bits per heavy atom. The van der Waals surface area contributed by atoms with Crippen LogP contribution in [-0.2, 0) is 9.53 Å². The van der Waals surface area contributed by atoms with E-state index in [1.165, 1.54) is 49.4 Å². The normalized spacial score (nSPS) is 11.5. The van der Waals surface area contributed by atoms with Gasteiger partial charge in [0.25, 0.3) is 5.91 Å². The Bertz CT molecular complexity index is 822. The molecule has 8 heteroatoms. The van der Waals surface area contributed by atoms with Gasteiger partial charge in [0.1, 0.15) is 0 Å². The summed E-state index contributed by atoms with van der Waals surface area (Å²) >= 11 is 11.8. The van der Waals surface area contributed by atoms with Crippen molar-refractivity contribution in [2.24, 2.45) is 5.73 Å². The van der Waals surface area contributed by atoms with E-state index < -0.39 is 23.9 Å². The highest BCUT2D eigenvalue weighted by molar-refractivity contribution is 6.35. The highest BCUT2D eigenvalue weighted by Crippen LogP contribution is 2.22. The van der Waals surface area contributed by atoms with Crippen LogP contribution in [0.1, 0.15) is 27.6 Å². The number of benzene rings is 2. The van der Waals surface area contributed by atoms with Crippen molar-refractivity contribution in [1.29, 1.82) is 0 Å². The number of esters is 1. The smallest absolute Gasteiger partial charge is 0.340 e. The van der Waals surface area contributed by atoms with Crippen LogP contribution in [0.25, 0.3) is 0 Å². The number of anilines is 1. The van der Waals surface area contributed by atoms with Gasteiger partial charge in [0.2, 0.25) is 5.91 Å². The van der Waals surface area contributed by atoms with Gasteiger partial charge in [-0.3, -0.25) is 9.59 Å². The summed E-state index contributed by atoms with van der Waals surface area (Å²) in [5.74, 6) is -1.88. The fourth-order valence-corrected chi connectivity index (χ4v) is 2.26. The number of hydrogen-bond acceptors (Lipinski definition) is 4. The third-order valence-corrected chi connectivity index (χ3v) is 3.80. The summed E-state index contributed by atoms with van der Waals surface area (Å²) in [7, 11) is 0. The number of hydrogen-bond donors (Lipinski definition) is 2. The first-order valence-electron chi connectivity index (χ1n) is 7.14. The fourth-order valence-electron chi connectivity index (χ4n) is 1.89. The molecule has 0 radical (unpaired) electrons. The van der Waals surface area contributed by atoms with Crippen molar-refractivity contribution in [3.63, 3.8) is 0 Å². The molecule has 2 rings (SSSR count). The van der Waals surface area contributed by atoms with Crippen LogP contribution >= 0.6 is 23.2 Å². The molecule has 0 unspecified atom stereocenters. The quantitative estimate of drug-likeness (QED) is 0.777. The van der Waals surface area contributed by atoms with E-state index in [2.05, 4.69) is 5.32 Å². The summed E-state index contributed by atoms with van der Waals surface area (Å²) in [6.45, 7) is 1.42. The van der Waals surface area contributed by atoms with Crippen molar-refractivity contribution in [3.8, 4) is 0 Å². The molecule has 0 aromatic heterocycles. The van der Waals surface area contributed by atoms with E-state index in [4.69, 9.17) is 33.7 Å². The average molecular weight is 381 g/mol. The van der Waals surface area contributed by atoms with E-state index in [0.717, 1.165) is 0 Å². The molecule has 25 heavy (non-hydrogen) atoms. The second-order valence-electron chi connectivity index (χ2n) is 5.10. The van der Waals surface area contributed by atoms with E-state index >= 15 is 0 Å². The molecule has 0 bridgehead atoms. The van der Waals surface area contributed by atoms with E-state index in [1.54, 1.807) is 0 Å². The molecule has 0 spiro atoms. The number of ether oxygens (including phenoxy) is 1. The lowest BCUT2D eigenvalue weighted by molar-refractivity contribution is -0.123. The summed E-state index contributed by atoms with van der Waals surface area (Å²) in [5.41, 5.74) is 5.95. The minimum Gasteiger partial charge on any atom is -0.449 e. The molecule has 130 valence electrons. The molecule has 2 aromatic carbocycles. The Morgan fingerprint density at radius 1 is 1.08 bits per heavy atom. The third-order valence-electron chi connectivity index (χ3n) is 3.24. The fraction of sp³-hybridized carbons (Fsp3) is 0.118. The van der Waals surface area contributed by atoms with Crippen LogP contribution in [0.4, 0.5) is 5.69 Å². The summed E-state index contributed by atoms with van der Waals surface area (Å²) in [5, 5.41) is 3.06. The van der Waals surface area contributed by atoms with Gasteiger partial charge in [-0.15, -0.1) is 0 Å². The number of carbonyl (C=O) groups is 3. The number of nitrogens with one attached hydrogen (secondary N) is 1. The van der Waals surface area contributed by atoms with Gasteiger partial charge in [-0.25, -0.2) is 4.79 Å². The molecule has 0 fully saturated rings. The molecule has 0 aliphatic heterocycles. The van der Waals surface area contributed by atoms with Crippen LogP contribution in [0.5, 0.6) is 0 Å². The zero-order valence-electron chi connectivity index (χ0n) is 13.1. The van der Waals surface area contributed by atoms with Gasteiger partial charge in [0.05, 0.1) is 10.6 Å². The monoisotopic (exact) mass is 380 g/mol. The van der Waals surface area contributed by atoms with Gasteiger partial charge in [-0.1, -0.05) is 23.2 Å². The van der Waals surface area contributed by atoms with Crippen LogP contribution in [-0.4, -0.2) is 23.9 Å². The molecular formula is C17H14Cl2N2O4. The average Bonchev–Trinajstić information content (AvgIpc) is 2.57. The number of carbonyl (C=O) groups excluding carboxylic acids is 3. The predicted molar refractivity (Wildman–Crippen MR) is 94.9 cm³/mol. The second kappa shape index (κ2) is 8.00. The minimum atomic E-state index is -1.07. The molecule has 0 saturated heterocycles. The lowest BCUT2D eigenvalue weighted by atomic mass is 10.2. The maximum absolute atomic E-state index is 12.1. The largest absolute Gasteiger partial charge is 0.449 e. The van der Waals surface area contributed by atoms with Crippen molar-refractivity contribution in [2.75, 3.05) is 5.32 Å². The lowest BCUT2D eigenvalue weighted by Crippen LogP contribution is -2.30. The molecule has 0 heterocycles. The Morgan fingerprint density at radius 3 is 2.32 bits per heavy atom. The van der Waals surface area contributed by atoms with Crippen molar-refractivity contribution in [1.82, 2.24) is 0 Å². The molecule has 0 aliphatic rings. The Labute approximate surface area is 153 Å². The van der Waals surface area contributed by atoms with Gasteiger partial charge < -0.3 is 15.8 Å². The SMILES string of the molecule is C[C@H](OC(=O)c1cc(Cl)ccc1Cl)C(=O)Nc1ccc(C(N)=O)cc1. The molecule has 0 saturated carbocycles. The molecular weight excluding hydrogens is 367 g/mol. The Balaban J connectivity index is 2.01. The molecule has 1 atom stereocenters. The van der Waals surface area contributed by atoms with Crippen LogP contribution in [0.3, 0.4) is 0 Å². The maximum Gasteiger partial charge on any atom is 0.340 e. The third kappa shape index (κ3) is 4.95. The van der Waals surface area contributed by atoms with Crippen LogP contribution in [0, 0.1) is 0 Å². The topological polar surface area (TPSA) is 98.5 Å². The van der Waals surface area contributed by atoms with Gasteiger partial charge >= 0.3 is 5.97 Å². The number of primary amides is 1. The summed E-state index contributed by atoms with van der Waals surface area (Å²) in [4.78, 5) is 35.2. The highest BCUT2D eigenvalue weighted by atomic mass is 35.5. The van der Waals surface area contributed by atoms with Crippen molar-refractivity contribution in [2.45, 2.75) is 13.0 Å². The van der Waals surface area contributed by atoms with Crippen molar-refractivity contribution < 1.29 is 19.1 Å². The van der Waals surface area contributed by atoms with Crippen LogP contribution in [0.15, 0.2) is 42.5 Å². The van der Waals surface area contributed by atoms with Gasteiger partial charge in [0, 0.05) is 16.3 Å². The first-order chi connectivity index (χ1) is 11.8. The summed E-state index contributed by atoms with van der Waals surface area (Å²) < 4.78 is 5.10. The van der Waals surface area contributed by atoms with E-state index in [-0.39, 0.29) is 10.6 Å². The van der Waals surface area contributed by atoms with Gasteiger partial charge in [-0.2, -0.15) is 0 Å². The number of halogens is 2. The first-order valence-corrected chi connectivity index (χ1v) is 7.90. The molecule has 3 N–H and O–H groups in total. The maximum atomic E-state index is 12.1. The highest BCUT2D eigenvalue weighted by Gasteiger charge is 2.21. The van der Waals surface area contributed by atoms with Crippen molar-refractivity contribution >= 4 is 46.7 Å². The zero-order chi connectivity index (χ0) is 18.6. The lowest BCUT2D eigenvalue weighted by Gasteiger charge is -2.14. The first kappa shape index (κ1) is 18.8. The van der Waals surface area contributed by atoms with Gasteiger partial charge in [0.15, 0.2) is 6.10 Å². The number of nitrogens with two attached hydrogens (primary N) is 1. The molecule has 6 nitrogen and oxygen atoms in total. The molecule has 2 amide bonds. The van der Waals surface area contributed by atoms with E-state index in [0.29, 0.717) is 16.3 Å². The Hall–Kier alpha value is -2.57. The van der Waals surface area contributed by atoms with Crippen LogP contribution in [0.2, 0.25) is 10.0 Å². The van der Waals surface area contributed by atoms with E-state index in [1.807, 2.05) is 0 Å². The second-order valence-corrected chi connectivity index (χ2v) is 5.95.